The van der Waals surface area contributed by atoms with E-state index in [1.54, 1.807) is 11.3 Å². The molecule has 0 saturated heterocycles. The van der Waals surface area contributed by atoms with E-state index in [0.717, 1.165) is 22.5 Å². The van der Waals surface area contributed by atoms with Crippen LogP contribution in [0.4, 0.5) is 0 Å². The van der Waals surface area contributed by atoms with E-state index in [2.05, 4.69) is 29.8 Å². The number of fused-ring (bicyclic) bond motifs is 1. The van der Waals surface area contributed by atoms with Crippen LogP contribution in [0, 0.1) is 5.92 Å². The van der Waals surface area contributed by atoms with Crippen LogP contribution < -0.4 is 5.73 Å². The van der Waals surface area contributed by atoms with Gasteiger partial charge in [-0.15, -0.1) is 23.1 Å². The van der Waals surface area contributed by atoms with Gasteiger partial charge in [0.05, 0.1) is 5.69 Å². The van der Waals surface area contributed by atoms with E-state index in [1.165, 1.54) is 36.4 Å². The summed E-state index contributed by atoms with van der Waals surface area (Å²) in [6.07, 6.45) is 8.44. The smallest absolute Gasteiger partial charge is 0.194 e. The first-order chi connectivity index (χ1) is 9.63. The Bertz CT molecular complexity index is 573. The van der Waals surface area contributed by atoms with Gasteiger partial charge in [-0.25, -0.2) is 4.98 Å². The molecule has 110 valence electrons. The Kier molecular flexibility index (Phi) is 4.38. The first-order valence-corrected chi connectivity index (χ1v) is 9.26. The maximum absolute atomic E-state index is 6.02. The summed E-state index contributed by atoms with van der Waals surface area (Å²) in [6.45, 7) is 4.45. The number of hydrogen-bond acceptors (Lipinski definition) is 4. The van der Waals surface area contributed by atoms with Crippen molar-refractivity contribution < 1.29 is 0 Å². The SMILES string of the molecule is CC(N)Cc1c(SC2CCCC(C)C2)nc2sccn12. The van der Waals surface area contributed by atoms with Crippen molar-refractivity contribution in [2.24, 2.45) is 11.7 Å². The molecule has 3 unspecified atom stereocenters. The van der Waals surface area contributed by atoms with Crippen LogP contribution in [0.3, 0.4) is 0 Å². The first-order valence-electron chi connectivity index (χ1n) is 7.50. The van der Waals surface area contributed by atoms with Gasteiger partial charge in [0.15, 0.2) is 4.96 Å². The second kappa shape index (κ2) is 6.08. The molecular formula is C15H23N3S2. The summed E-state index contributed by atoms with van der Waals surface area (Å²) in [5.74, 6) is 0.863. The van der Waals surface area contributed by atoms with E-state index in [1.807, 2.05) is 11.8 Å². The molecule has 0 bridgehead atoms. The average molecular weight is 310 g/mol. The molecule has 1 aliphatic carbocycles. The van der Waals surface area contributed by atoms with Crippen molar-refractivity contribution in [3.63, 3.8) is 0 Å². The monoisotopic (exact) mass is 309 g/mol. The highest BCUT2D eigenvalue weighted by atomic mass is 32.2. The molecule has 2 N–H and O–H groups in total. The molecule has 20 heavy (non-hydrogen) atoms. The molecule has 1 aliphatic rings. The number of nitrogens with zero attached hydrogens (tertiary/aromatic N) is 2. The molecule has 5 heteroatoms. The topological polar surface area (TPSA) is 43.3 Å². The molecule has 0 amide bonds. The summed E-state index contributed by atoms with van der Waals surface area (Å²) < 4.78 is 2.22. The molecule has 0 aliphatic heterocycles. The minimum atomic E-state index is 0.180. The minimum absolute atomic E-state index is 0.180. The summed E-state index contributed by atoms with van der Waals surface area (Å²) in [4.78, 5) is 5.94. The molecule has 3 atom stereocenters. The van der Waals surface area contributed by atoms with E-state index in [4.69, 9.17) is 10.7 Å². The second-order valence-electron chi connectivity index (χ2n) is 6.11. The normalized spacial score (nSPS) is 25.1. The quantitative estimate of drug-likeness (QED) is 0.929. The lowest BCUT2D eigenvalue weighted by molar-refractivity contribution is 0.394. The Hall–Kier alpha value is -0.520. The largest absolute Gasteiger partial charge is 0.328 e. The lowest BCUT2D eigenvalue weighted by Gasteiger charge is -2.25. The Balaban J connectivity index is 1.84. The lowest BCUT2D eigenvalue weighted by Crippen LogP contribution is -2.20. The van der Waals surface area contributed by atoms with Crippen molar-refractivity contribution in [2.45, 2.75) is 62.3 Å². The van der Waals surface area contributed by atoms with Crippen LogP contribution in [0.25, 0.3) is 4.96 Å². The Labute approximate surface area is 129 Å². The highest BCUT2D eigenvalue weighted by Crippen LogP contribution is 2.38. The molecular weight excluding hydrogens is 286 g/mol. The average Bonchev–Trinajstić information content (AvgIpc) is 2.93. The maximum atomic E-state index is 6.02. The molecule has 3 nitrogen and oxygen atoms in total. The molecule has 2 aromatic heterocycles. The van der Waals surface area contributed by atoms with Crippen LogP contribution in [0.2, 0.25) is 0 Å². The summed E-state index contributed by atoms with van der Waals surface area (Å²) in [7, 11) is 0. The van der Waals surface area contributed by atoms with Gasteiger partial charge in [-0.1, -0.05) is 19.8 Å². The van der Waals surface area contributed by atoms with E-state index in [-0.39, 0.29) is 6.04 Å². The van der Waals surface area contributed by atoms with Crippen molar-refractivity contribution in [2.75, 3.05) is 0 Å². The van der Waals surface area contributed by atoms with Crippen LogP contribution in [-0.4, -0.2) is 20.7 Å². The van der Waals surface area contributed by atoms with Gasteiger partial charge in [0.25, 0.3) is 0 Å². The first kappa shape index (κ1) is 14.4. The number of hydrogen-bond donors (Lipinski definition) is 1. The number of imidazole rings is 1. The van der Waals surface area contributed by atoms with Gasteiger partial charge in [0, 0.05) is 29.3 Å². The fraction of sp³-hybridized carbons (Fsp3) is 0.667. The van der Waals surface area contributed by atoms with Gasteiger partial charge in [-0.2, -0.15) is 0 Å². The van der Waals surface area contributed by atoms with E-state index < -0.39 is 0 Å². The highest BCUT2D eigenvalue weighted by molar-refractivity contribution is 7.99. The van der Waals surface area contributed by atoms with Crippen LogP contribution in [0.1, 0.15) is 45.2 Å². The minimum Gasteiger partial charge on any atom is -0.328 e. The number of thiazole rings is 1. The molecule has 3 rings (SSSR count). The number of thioether (sulfide) groups is 1. The third-order valence-electron chi connectivity index (χ3n) is 4.01. The predicted molar refractivity (Wildman–Crippen MR) is 87.7 cm³/mol. The summed E-state index contributed by atoms with van der Waals surface area (Å²) in [5, 5.41) is 4.05. The van der Waals surface area contributed by atoms with Crippen molar-refractivity contribution in [3.8, 4) is 0 Å². The predicted octanol–water partition coefficient (Wildman–Crippen LogP) is 3.96. The third kappa shape index (κ3) is 3.05. The van der Waals surface area contributed by atoms with Crippen molar-refractivity contribution >= 4 is 28.1 Å². The Morgan fingerprint density at radius 2 is 2.40 bits per heavy atom. The van der Waals surface area contributed by atoms with Crippen molar-refractivity contribution in [1.29, 1.82) is 0 Å². The van der Waals surface area contributed by atoms with E-state index in [0.29, 0.717) is 0 Å². The fourth-order valence-corrected chi connectivity index (χ4v) is 5.31. The molecule has 1 fully saturated rings. The Morgan fingerprint density at radius 1 is 1.55 bits per heavy atom. The van der Waals surface area contributed by atoms with E-state index in [9.17, 15) is 0 Å². The van der Waals surface area contributed by atoms with Gasteiger partial charge >= 0.3 is 0 Å². The highest BCUT2D eigenvalue weighted by Gasteiger charge is 2.23. The second-order valence-corrected chi connectivity index (χ2v) is 8.27. The van der Waals surface area contributed by atoms with Gasteiger partial charge in [-0.3, -0.25) is 4.40 Å². The lowest BCUT2D eigenvalue weighted by atomic mass is 9.91. The third-order valence-corrected chi connectivity index (χ3v) is 6.07. The van der Waals surface area contributed by atoms with Crippen LogP contribution in [0.15, 0.2) is 16.6 Å². The molecule has 2 aromatic rings. The van der Waals surface area contributed by atoms with Gasteiger partial charge in [0.2, 0.25) is 0 Å². The zero-order valence-electron chi connectivity index (χ0n) is 12.2. The van der Waals surface area contributed by atoms with E-state index >= 15 is 0 Å². The summed E-state index contributed by atoms with van der Waals surface area (Å²) in [6, 6.07) is 0.180. The van der Waals surface area contributed by atoms with Crippen molar-refractivity contribution in [3.05, 3.63) is 17.3 Å². The number of aromatic nitrogens is 2. The van der Waals surface area contributed by atoms with Crippen LogP contribution in [0.5, 0.6) is 0 Å². The van der Waals surface area contributed by atoms with Gasteiger partial charge < -0.3 is 5.73 Å². The molecule has 0 aromatic carbocycles. The van der Waals surface area contributed by atoms with Crippen LogP contribution in [-0.2, 0) is 6.42 Å². The summed E-state index contributed by atoms with van der Waals surface area (Å²) >= 11 is 3.70. The standard InChI is InChI=1S/C15H23N3S2/c1-10-4-3-5-12(8-10)20-14-13(9-11(2)16)18-6-7-19-15(18)17-14/h6-7,10-12H,3-5,8-9,16H2,1-2H3. The van der Waals surface area contributed by atoms with Crippen LogP contribution >= 0.6 is 23.1 Å². The number of rotatable bonds is 4. The Morgan fingerprint density at radius 3 is 3.15 bits per heavy atom. The van der Waals surface area contributed by atoms with Crippen molar-refractivity contribution in [1.82, 2.24) is 9.38 Å². The zero-order valence-corrected chi connectivity index (χ0v) is 13.8. The molecule has 0 spiro atoms. The summed E-state index contributed by atoms with van der Waals surface area (Å²) in [5.41, 5.74) is 7.33. The molecule has 1 saturated carbocycles. The fourth-order valence-electron chi connectivity index (χ4n) is 3.04. The maximum Gasteiger partial charge on any atom is 0.194 e. The molecule has 2 heterocycles. The van der Waals surface area contributed by atoms with Gasteiger partial charge in [0.1, 0.15) is 5.03 Å². The van der Waals surface area contributed by atoms with Gasteiger partial charge in [-0.05, 0) is 25.7 Å². The zero-order chi connectivity index (χ0) is 14.1. The number of nitrogens with two attached hydrogens (primary N) is 1. The molecule has 0 radical (unpaired) electrons.